The zero-order valence-electron chi connectivity index (χ0n) is 11.1. The highest BCUT2D eigenvalue weighted by molar-refractivity contribution is 6.35. The number of nitrogens with zero attached hydrogens (tertiary/aromatic N) is 1. The number of carbonyl (C=O) groups is 1. The topological polar surface area (TPSA) is 54.0 Å². The van der Waals surface area contributed by atoms with Crippen molar-refractivity contribution < 1.29 is 4.79 Å². The predicted molar refractivity (Wildman–Crippen MR) is 84.5 cm³/mol. The molecule has 0 bridgehead atoms. The molecule has 6 heteroatoms. The van der Waals surface area contributed by atoms with Crippen LogP contribution in [-0.4, -0.2) is 16.9 Å². The largest absolute Gasteiger partial charge is 0.355 e. The van der Waals surface area contributed by atoms with Gasteiger partial charge in [-0.3, -0.25) is 9.78 Å². The molecule has 4 nitrogen and oxygen atoms in total. The molecule has 21 heavy (non-hydrogen) atoms. The summed E-state index contributed by atoms with van der Waals surface area (Å²) in [6.07, 6.45) is 3.69. The molecule has 1 amide bonds. The van der Waals surface area contributed by atoms with Crippen molar-refractivity contribution in [2.24, 2.45) is 0 Å². The number of nitrogens with one attached hydrogen (secondary N) is 2. The molecule has 1 fully saturated rings. The second kappa shape index (κ2) is 5.92. The van der Waals surface area contributed by atoms with Gasteiger partial charge in [-0.2, -0.15) is 0 Å². The lowest BCUT2D eigenvalue weighted by Gasteiger charge is -2.09. The minimum Gasteiger partial charge on any atom is -0.355 e. The average Bonchev–Trinajstić information content (AvgIpc) is 3.21. The standard InChI is InChI=1S/C15H13Cl2N3O/c16-9-5-10(17)7-13(6-9)19-12-3-4-18-14(8-12)15(21)20-11-1-2-11/h3-8,11H,1-2H2,(H,18,19)(H,20,21). The van der Waals surface area contributed by atoms with Crippen molar-refractivity contribution in [3.8, 4) is 0 Å². The van der Waals surface area contributed by atoms with Crippen LogP contribution in [-0.2, 0) is 0 Å². The van der Waals surface area contributed by atoms with E-state index < -0.39 is 0 Å². The van der Waals surface area contributed by atoms with E-state index in [1.165, 1.54) is 0 Å². The first-order chi connectivity index (χ1) is 10.1. The fraction of sp³-hybridized carbons (Fsp3) is 0.200. The van der Waals surface area contributed by atoms with E-state index in [2.05, 4.69) is 15.6 Å². The molecule has 0 atom stereocenters. The van der Waals surface area contributed by atoms with Crippen LogP contribution in [0.25, 0.3) is 0 Å². The maximum absolute atomic E-state index is 12.0. The van der Waals surface area contributed by atoms with Gasteiger partial charge in [0.15, 0.2) is 0 Å². The van der Waals surface area contributed by atoms with Gasteiger partial charge in [0.1, 0.15) is 5.69 Å². The predicted octanol–water partition coefficient (Wildman–Crippen LogP) is 4.02. The number of carbonyl (C=O) groups excluding carboxylic acids is 1. The number of anilines is 2. The molecule has 2 N–H and O–H groups in total. The minimum atomic E-state index is -0.148. The highest BCUT2D eigenvalue weighted by Gasteiger charge is 2.24. The van der Waals surface area contributed by atoms with E-state index in [-0.39, 0.29) is 5.91 Å². The number of hydrogen-bond acceptors (Lipinski definition) is 3. The summed E-state index contributed by atoms with van der Waals surface area (Å²) in [5.41, 5.74) is 1.90. The summed E-state index contributed by atoms with van der Waals surface area (Å²) in [5, 5.41) is 7.16. The second-order valence-corrected chi connectivity index (χ2v) is 5.83. The van der Waals surface area contributed by atoms with Crippen LogP contribution in [0, 0.1) is 0 Å². The molecular weight excluding hydrogens is 309 g/mol. The van der Waals surface area contributed by atoms with E-state index >= 15 is 0 Å². The van der Waals surface area contributed by atoms with Crippen molar-refractivity contribution in [2.75, 3.05) is 5.32 Å². The van der Waals surface area contributed by atoms with E-state index in [0.29, 0.717) is 21.8 Å². The van der Waals surface area contributed by atoms with E-state index in [4.69, 9.17) is 23.2 Å². The monoisotopic (exact) mass is 321 g/mol. The lowest BCUT2D eigenvalue weighted by atomic mass is 10.2. The first-order valence-electron chi connectivity index (χ1n) is 6.60. The third kappa shape index (κ3) is 3.86. The highest BCUT2D eigenvalue weighted by atomic mass is 35.5. The van der Waals surface area contributed by atoms with Gasteiger partial charge in [-0.05, 0) is 43.2 Å². The van der Waals surface area contributed by atoms with E-state index in [1.54, 1.807) is 36.5 Å². The van der Waals surface area contributed by atoms with Gasteiger partial charge in [0, 0.05) is 33.7 Å². The van der Waals surface area contributed by atoms with Gasteiger partial charge in [0.05, 0.1) is 0 Å². The molecule has 0 unspecified atom stereocenters. The number of rotatable bonds is 4. The molecule has 1 aromatic carbocycles. The molecule has 108 valence electrons. The maximum atomic E-state index is 12.0. The van der Waals surface area contributed by atoms with Crippen molar-refractivity contribution in [3.05, 3.63) is 52.3 Å². The van der Waals surface area contributed by atoms with Crippen LogP contribution in [0.4, 0.5) is 11.4 Å². The molecule has 0 spiro atoms. The summed E-state index contributed by atoms with van der Waals surface area (Å²) < 4.78 is 0. The first-order valence-corrected chi connectivity index (χ1v) is 7.36. The normalized spacial score (nSPS) is 13.8. The van der Waals surface area contributed by atoms with E-state index in [0.717, 1.165) is 24.2 Å². The Morgan fingerprint density at radius 1 is 1.10 bits per heavy atom. The summed E-state index contributed by atoms with van der Waals surface area (Å²) >= 11 is 11.9. The molecule has 0 saturated heterocycles. The Labute approximate surface area is 132 Å². The zero-order valence-corrected chi connectivity index (χ0v) is 12.6. The molecule has 1 aliphatic carbocycles. The summed E-state index contributed by atoms with van der Waals surface area (Å²) in [6.45, 7) is 0. The molecule has 1 aliphatic rings. The van der Waals surface area contributed by atoms with Crippen molar-refractivity contribution >= 4 is 40.5 Å². The lowest BCUT2D eigenvalue weighted by Crippen LogP contribution is -2.26. The van der Waals surface area contributed by atoms with Gasteiger partial charge in [0.25, 0.3) is 5.91 Å². The summed E-state index contributed by atoms with van der Waals surface area (Å²) in [6, 6.07) is 8.97. The van der Waals surface area contributed by atoms with E-state index in [1.807, 2.05) is 0 Å². The quantitative estimate of drug-likeness (QED) is 0.894. The van der Waals surface area contributed by atoms with Gasteiger partial charge < -0.3 is 10.6 Å². The molecule has 2 aromatic rings. The minimum absolute atomic E-state index is 0.148. The molecule has 0 aliphatic heterocycles. The maximum Gasteiger partial charge on any atom is 0.270 e. The Morgan fingerprint density at radius 3 is 2.48 bits per heavy atom. The van der Waals surface area contributed by atoms with Crippen LogP contribution >= 0.6 is 23.2 Å². The number of hydrogen-bond donors (Lipinski definition) is 2. The van der Waals surface area contributed by atoms with Gasteiger partial charge in [-0.15, -0.1) is 0 Å². The molecule has 3 rings (SSSR count). The van der Waals surface area contributed by atoms with Crippen LogP contribution in [0.3, 0.4) is 0 Å². The van der Waals surface area contributed by atoms with Gasteiger partial charge in [-0.1, -0.05) is 23.2 Å². The fourth-order valence-corrected chi connectivity index (χ4v) is 2.44. The molecule has 1 aromatic heterocycles. The number of pyridine rings is 1. The van der Waals surface area contributed by atoms with Gasteiger partial charge >= 0.3 is 0 Å². The Morgan fingerprint density at radius 2 is 1.81 bits per heavy atom. The lowest BCUT2D eigenvalue weighted by molar-refractivity contribution is 0.0946. The van der Waals surface area contributed by atoms with Crippen molar-refractivity contribution in [3.63, 3.8) is 0 Å². The average molecular weight is 322 g/mol. The third-order valence-corrected chi connectivity index (χ3v) is 3.49. The van der Waals surface area contributed by atoms with Crippen LogP contribution in [0.2, 0.25) is 10.0 Å². The number of benzene rings is 1. The number of aromatic nitrogens is 1. The summed E-state index contributed by atoms with van der Waals surface area (Å²) in [7, 11) is 0. The zero-order chi connectivity index (χ0) is 14.8. The van der Waals surface area contributed by atoms with E-state index in [9.17, 15) is 4.79 Å². The number of amides is 1. The molecule has 1 heterocycles. The van der Waals surface area contributed by atoms with Crippen molar-refractivity contribution in [2.45, 2.75) is 18.9 Å². The third-order valence-electron chi connectivity index (χ3n) is 3.06. The summed E-state index contributed by atoms with van der Waals surface area (Å²) in [5.74, 6) is -0.148. The molecule has 1 saturated carbocycles. The van der Waals surface area contributed by atoms with Crippen LogP contribution < -0.4 is 10.6 Å². The van der Waals surface area contributed by atoms with Crippen LogP contribution in [0.1, 0.15) is 23.3 Å². The van der Waals surface area contributed by atoms with Crippen molar-refractivity contribution in [1.82, 2.24) is 10.3 Å². The molecular formula is C15H13Cl2N3O. The van der Waals surface area contributed by atoms with Gasteiger partial charge in [0.2, 0.25) is 0 Å². The fourth-order valence-electron chi connectivity index (χ4n) is 1.91. The highest BCUT2D eigenvalue weighted by Crippen LogP contribution is 2.25. The first kappa shape index (κ1) is 14.2. The van der Waals surface area contributed by atoms with Crippen LogP contribution in [0.5, 0.6) is 0 Å². The Kier molecular flexibility index (Phi) is 3.99. The molecule has 0 radical (unpaired) electrons. The SMILES string of the molecule is O=C(NC1CC1)c1cc(Nc2cc(Cl)cc(Cl)c2)ccn1. The Balaban J connectivity index is 1.77. The van der Waals surface area contributed by atoms with Crippen molar-refractivity contribution in [1.29, 1.82) is 0 Å². The second-order valence-electron chi connectivity index (χ2n) is 4.96. The Bertz CT molecular complexity index is 666. The summed E-state index contributed by atoms with van der Waals surface area (Å²) in [4.78, 5) is 16.1. The van der Waals surface area contributed by atoms with Crippen LogP contribution in [0.15, 0.2) is 36.5 Å². The van der Waals surface area contributed by atoms with Gasteiger partial charge in [-0.25, -0.2) is 0 Å². The Hall–Kier alpha value is -1.78. The smallest absolute Gasteiger partial charge is 0.270 e. The number of halogens is 2.